The zero-order valence-electron chi connectivity index (χ0n) is 13.8. The molecule has 1 heterocycles. The molecular formula is C19H33P. The minimum absolute atomic E-state index is 0.167. The van der Waals surface area contributed by atoms with Gasteiger partial charge in [-0.3, -0.25) is 0 Å². The SMILES string of the molecule is CCCCC1CCC(CCCC)P1C1(C)C=CC=CC1. The molecule has 2 aliphatic rings. The van der Waals surface area contributed by atoms with Gasteiger partial charge in [0.05, 0.1) is 0 Å². The van der Waals surface area contributed by atoms with Crippen LogP contribution in [0.25, 0.3) is 0 Å². The van der Waals surface area contributed by atoms with Crippen LogP contribution >= 0.6 is 7.92 Å². The minimum Gasteiger partial charge on any atom is -0.0900 e. The summed E-state index contributed by atoms with van der Waals surface area (Å²) in [4.78, 5) is 0. The fourth-order valence-electron chi connectivity index (χ4n) is 4.15. The Bertz CT molecular complexity index is 328. The van der Waals surface area contributed by atoms with Crippen LogP contribution in [0.4, 0.5) is 0 Å². The molecule has 0 saturated carbocycles. The highest BCUT2D eigenvalue weighted by Crippen LogP contribution is 2.68. The molecule has 3 atom stereocenters. The molecule has 3 unspecified atom stereocenters. The minimum atomic E-state index is 0.167. The second-order valence-corrected chi connectivity index (χ2v) is 10.2. The summed E-state index contributed by atoms with van der Waals surface area (Å²) in [5, 5.41) is 0.497. The van der Waals surface area contributed by atoms with Crippen molar-refractivity contribution in [2.75, 3.05) is 0 Å². The Balaban J connectivity index is 2.10. The highest BCUT2D eigenvalue weighted by molar-refractivity contribution is 7.61. The highest BCUT2D eigenvalue weighted by atomic mass is 31.1. The molecule has 1 fully saturated rings. The van der Waals surface area contributed by atoms with Crippen molar-refractivity contribution in [2.24, 2.45) is 0 Å². The Morgan fingerprint density at radius 1 is 1.00 bits per heavy atom. The second kappa shape index (κ2) is 7.79. The van der Waals surface area contributed by atoms with Crippen molar-refractivity contribution in [1.29, 1.82) is 0 Å². The Kier molecular flexibility index (Phi) is 6.34. The third-order valence-corrected chi connectivity index (χ3v) is 9.34. The molecule has 1 heteroatoms. The van der Waals surface area contributed by atoms with E-state index in [-0.39, 0.29) is 7.92 Å². The van der Waals surface area contributed by atoms with E-state index < -0.39 is 0 Å². The van der Waals surface area contributed by atoms with Crippen molar-refractivity contribution in [3.8, 4) is 0 Å². The van der Waals surface area contributed by atoms with Gasteiger partial charge in [-0.2, -0.15) is 0 Å². The van der Waals surface area contributed by atoms with E-state index in [9.17, 15) is 0 Å². The summed E-state index contributed by atoms with van der Waals surface area (Å²) in [5.74, 6) is 0. The molecule has 0 aromatic carbocycles. The first-order valence-corrected chi connectivity index (χ1v) is 10.3. The number of hydrogen-bond acceptors (Lipinski definition) is 0. The molecule has 0 radical (unpaired) electrons. The van der Waals surface area contributed by atoms with Crippen LogP contribution < -0.4 is 0 Å². The molecule has 0 N–H and O–H groups in total. The molecular weight excluding hydrogens is 259 g/mol. The topological polar surface area (TPSA) is 0 Å². The second-order valence-electron chi connectivity index (χ2n) is 6.93. The predicted molar refractivity (Wildman–Crippen MR) is 94.1 cm³/mol. The highest BCUT2D eigenvalue weighted by Gasteiger charge is 2.44. The monoisotopic (exact) mass is 292 g/mol. The van der Waals surface area contributed by atoms with Gasteiger partial charge in [0.2, 0.25) is 0 Å². The van der Waals surface area contributed by atoms with E-state index in [0.29, 0.717) is 5.16 Å². The van der Waals surface area contributed by atoms with E-state index in [1.807, 2.05) is 0 Å². The van der Waals surface area contributed by atoms with E-state index in [0.717, 1.165) is 11.3 Å². The number of hydrogen-bond donors (Lipinski definition) is 0. The molecule has 114 valence electrons. The molecule has 0 aromatic rings. The Hall–Kier alpha value is -0.0900. The fraction of sp³-hybridized carbons (Fsp3) is 0.789. The molecule has 1 saturated heterocycles. The third-order valence-electron chi connectivity index (χ3n) is 5.23. The lowest BCUT2D eigenvalue weighted by molar-refractivity contribution is 0.618. The molecule has 1 aliphatic heterocycles. The van der Waals surface area contributed by atoms with Crippen LogP contribution in [-0.4, -0.2) is 16.5 Å². The summed E-state index contributed by atoms with van der Waals surface area (Å²) in [6.45, 7) is 7.25. The standard InChI is InChI=1S/C19H33P/c1-4-6-11-17-13-14-18(12-7-5-2)20(17)19(3)15-9-8-10-16-19/h8-10,15,17-18H,4-7,11-14,16H2,1-3H3. The average Bonchev–Trinajstić information content (AvgIpc) is 2.87. The maximum absolute atomic E-state index is 2.56. The van der Waals surface area contributed by atoms with Crippen LogP contribution in [0, 0.1) is 0 Å². The van der Waals surface area contributed by atoms with Gasteiger partial charge in [-0.1, -0.05) is 78.7 Å². The van der Waals surface area contributed by atoms with Crippen LogP contribution in [-0.2, 0) is 0 Å². The van der Waals surface area contributed by atoms with Gasteiger partial charge in [0.1, 0.15) is 0 Å². The lowest BCUT2D eigenvalue weighted by atomic mass is 10.0. The van der Waals surface area contributed by atoms with Crippen LogP contribution in [0.15, 0.2) is 24.3 Å². The van der Waals surface area contributed by atoms with Crippen LogP contribution in [0.3, 0.4) is 0 Å². The van der Waals surface area contributed by atoms with Crippen LogP contribution in [0.1, 0.15) is 78.6 Å². The first-order valence-electron chi connectivity index (χ1n) is 8.84. The van der Waals surface area contributed by atoms with E-state index in [4.69, 9.17) is 0 Å². The maximum atomic E-state index is 2.56. The van der Waals surface area contributed by atoms with Gasteiger partial charge in [-0.25, -0.2) is 0 Å². The quantitative estimate of drug-likeness (QED) is 0.460. The molecule has 0 nitrogen and oxygen atoms in total. The van der Waals surface area contributed by atoms with E-state index in [2.05, 4.69) is 45.1 Å². The van der Waals surface area contributed by atoms with Gasteiger partial charge in [-0.15, -0.1) is 0 Å². The Morgan fingerprint density at radius 3 is 2.05 bits per heavy atom. The van der Waals surface area contributed by atoms with E-state index in [1.165, 1.54) is 57.8 Å². The van der Waals surface area contributed by atoms with Crippen molar-refractivity contribution < 1.29 is 0 Å². The summed E-state index contributed by atoms with van der Waals surface area (Å²) in [5.41, 5.74) is 2.10. The zero-order valence-corrected chi connectivity index (χ0v) is 14.7. The average molecular weight is 292 g/mol. The third kappa shape index (κ3) is 3.76. The Labute approximate surface area is 127 Å². The molecule has 0 spiro atoms. The van der Waals surface area contributed by atoms with E-state index >= 15 is 0 Å². The molecule has 0 aromatic heterocycles. The zero-order chi connectivity index (χ0) is 14.4. The summed E-state index contributed by atoms with van der Waals surface area (Å²) in [6, 6.07) is 0. The fourth-order valence-corrected chi connectivity index (χ4v) is 8.76. The van der Waals surface area contributed by atoms with Gasteiger partial charge in [-0.05, 0) is 43.4 Å². The first kappa shape index (κ1) is 16.3. The summed E-state index contributed by atoms with van der Waals surface area (Å²) >= 11 is 0. The van der Waals surface area contributed by atoms with E-state index in [1.54, 1.807) is 0 Å². The van der Waals surface area contributed by atoms with Crippen molar-refractivity contribution in [3.05, 3.63) is 24.3 Å². The first-order chi connectivity index (χ1) is 9.71. The van der Waals surface area contributed by atoms with Crippen LogP contribution in [0.2, 0.25) is 0 Å². The number of allylic oxidation sites excluding steroid dienone is 4. The smallest absolute Gasteiger partial charge is 0.00980 e. The van der Waals surface area contributed by atoms with Gasteiger partial charge >= 0.3 is 0 Å². The van der Waals surface area contributed by atoms with Gasteiger partial charge in [0.25, 0.3) is 0 Å². The maximum Gasteiger partial charge on any atom is 0.00980 e. The van der Waals surface area contributed by atoms with Crippen molar-refractivity contribution in [2.45, 2.75) is 95.0 Å². The molecule has 0 amide bonds. The lowest BCUT2D eigenvalue weighted by Crippen LogP contribution is -2.27. The predicted octanol–water partition coefficient (Wildman–Crippen LogP) is 6.65. The largest absolute Gasteiger partial charge is 0.0900 e. The van der Waals surface area contributed by atoms with Crippen LogP contribution in [0.5, 0.6) is 0 Å². The van der Waals surface area contributed by atoms with Gasteiger partial charge in [0, 0.05) is 5.16 Å². The lowest BCUT2D eigenvalue weighted by Gasteiger charge is -2.41. The number of rotatable bonds is 7. The number of unbranched alkanes of at least 4 members (excludes halogenated alkanes) is 2. The summed E-state index contributed by atoms with van der Waals surface area (Å²) in [6.07, 6.45) is 22.5. The summed E-state index contributed by atoms with van der Waals surface area (Å²) < 4.78 is 0. The van der Waals surface area contributed by atoms with Gasteiger partial charge in [0.15, 0.2) is 0 Å². The molecule has 2 rings (SSSR count). The molecule has 20 heavy (non-hydrogen) atoms. The molecule has 1 aliphatic carbocycles. The molecule has 0 bridgehead atoms. The van der Waals surface area contributed by atoms with Crippen molar-refractivity contribution in [3.63, 3.8) is 0 Å². The van der Waals surface area contributed by atoms with Crippen molar-refractivity contribution >= 4 is 7.92 Å². The van der Waals surface area contributed by atoms with Crippen molar-refractivity contribution in [1.82, 2.24) is 0 Å². The van der Waals surface area contributed by atoms with Gasteiger partial charge < -0.3 is 0 Å². The summed E-state index contributed by atoms with van der Waals surface area (Å²) in [7, 11) is 0.167. The Morgan fingerprint density at radius 2 is 1.60 bits per heavy atom. The normalized spacial score (nSPS) is 36.6.